The van der Waals surface area contributed by atoms with Gasteiger partial charge in [0.2, 0.25) is 16.9 Å². The lowest BCUT2D eigenvalue weighted by molar-refractivity contribution is -0.127. The molecule has 2 heterocycles. The van der Waals surface area contributed by atoms with Gasteiger partial charge in [0.1, 0.15) is 5.25 Å². The van der Waals surface area contributed by atoms with Crippen molar-refractivity contribution in [1.82, 2.24) is 9.88 Å². The van der Waals surface area contributed by atoms with Gasteiger partial charge in [-0.15, -0.1) is 11.3 Å². The normalized spacial score (nSPS) is 18.8. The zero-order chi connectivity index (χ0) is 18.0. The quantitative estimate of drug-likeness (QED) is 0.818. The predicted molar refractivity (Wildman–Crippen MR) is 103 cm³/mol. The molecule has 2 aromatic rings. The Morgan fingerprint density at radius 1 is 1.40 bits per heavy atom. The standard InChI is InChI=1S/C15H12Cl2N4O2S2/c1-21-13(23)11(25-15(21)20-14-18-4-5-24-14)7-12(22)19-8-2-3-9(16)10(17)6-8/h2-6,11H,7H2,1H3,(H,19,22). The van der Waals surface area contributed by atoms with Crippen LogP contribution in [0.3, 0.4) is 0 Å². The van der Waals surface area contributed by atoms with E-state index in [9.17, 15) is 9.59 Å². The molecule has 0 bridgehead atoms. The van der Waals surface area contributed by atoms with Crippen LogP contribution in [0.15, 0.2) is 34.8 Å². The Kier molecular flexibility index (Phi) is 5.63. The van der Waals surface area contributed by atoms with E-state index >= 15 is 0 Å². The van der Waals surface area contributed by atoms with E-state index in [2.05, 4.69) is 15.3 Å². The average Bonchev–Trinajstić information content (AvgIpc) is 3.16. The minimum atomic E-state index is -0.522. The van der Waals surface area contributed by atoms with Crippen LogP contribution in [0.5, 0.6) is 0 Å². The second-order valence-corrected chi connectivity index (χ2v) is 7.95. The summed E-state index contributed by atoms with van der Waals surface area (Å²) in [5.74, 6) is -0.447. The Morgan fingerprint density at radius 2 is 2.20 bits per heavy atom. The first-order valence-corrected chi connectivity index (χ1v) is 9.63. The maximum absolute atomic E-state index is 12.3. The van der Waals surface area contributed by atoms with Gasteiger partial charge in [0.15, 0.2) is 5.17 Å². The Balaban J connectivity index is 1.65. The molecule has 1 N–H and O–H groups in total. The number of aliphatic imine (C=N–C) groups is 1. The average molecular weight is 415 g/mol. The highest BCUT2D eigenvalue weighted by atomic mass is 35.5. The van der Waals surface area contributed by atoms with Crippen LogP contribution in [0, 0.1) is 0 Å². The lowest BCUT2D eigenvalue weighted by Crippen LogP contribution is -2.30. The van der Waals surface area contributed by atoms with Gasteiger partial charge >= 0.3 is 0 Å². The SMILES string of the molecule is CN1C(=O)C(CC(=O)Nc2ccc(Cl)c(Cl)c2)SC1=Nc1nccs1. The van der Waals surface area contributed by atoms with E-state index in [1.165, 1.54) is 28.0 Å². The Hall–Kier alpha value is -1.61. The molecule has 0 radical (unpaired) electrons. The fourth-order valence-electron chi connectivity index (χ4n) is 2.10. The molecule has 1 aliphatic heterocycles. The smallest absolute Gasteiger partial charge is 0.242 e. The summed E-state index contributed by atoms with van der Waals surface area (Å²) in [5, 5.41) is 5.87. The summed E-state index contributed by atoms with van der Waals surface area (Å²) in [5.41, 5.74) is 0.528. The molecule has 0 spiro atoms. The Bertz CT molecular complexity index is 842. The largest absolute Gasteiger partial charge is 0.326 e. The number of thioether (sulfide) groups is 1. The molecule has 1 atom stereocenters. The molecule has 1 saturated heterocycles. The zero-order valence-electron chi connectivity index (χ0n) is 12.9. The molecule has 1 fully saturated rings. The summed E-state index contributed by atoms with van der Waals surface area (Å²) in [7, 11) is 1.64. The molecule has 1 aromatic carbocycles. The number of anilines is 1. The highest BCUT2D eigenvalue weighted by Crippen LogP contribution is 2.31. The zero-order valence-corrected chi connectivity index (χ0v) is 16.0. The lowest BCUT2D eigenvalue weighted by atomic mass is 10.2. The molecule has 3 rings (SSSR count). The van der Waals surface area contributed by atoms with Crippen LogP contribution in [0.1, 0.15) is 6.42 Å². The van der Waals surface area contributed by atoms with Gasteiger partial charge in [0.05, 0.1) is 10.0 Å². The first-order chi connectivity index (χ1) is 11.9. The second kappa shape index (κ2) is 7.74. The minimum absolute atomic E-state index is 0.0327. The van der Waals surface area contributed by atoms with E-state index in [0.29, 0.717) is 26.0 Å². The maximum Gasteiger partial charge on any atom is 0.242 e. The van der Waals surface area contributed by atoms with Crippen molar-refractivity contribution in [1.29, 1.82) is 0 Å². The number of nitrogens with one attached hydrogen (secondary N) is 1. The van der Waals surface area contributed by atoms with Gasteiger partial charge in [0.25, 0.3) is 0 Å². The van der Waals surface area contributed by atoms with Gasteiger partial charge < -0.3 is 5.32 Å². The highest BCUT2D eigenvalue weighted by molar-refractivity contribution is 8.15. The highest BCUT2D eigenvalue weighted by Gasteiger charge is 2.37. The van der Waals surface area contributed by atoms with E-state index in [1.54, 1.807) is 31.4 Å². The number of halogens is 2. The molecular weight excluding hydrogens is 403 g/mol. The van der Waals surface area contributed by atoms with E-state index < -0.39 is 5.25 Å². The van der Waals surface area contributed by atoms with Crippen molar-refractivity contribution in [3.05, 3.63) is 39.8 Å². The molecular formula is C15H12Cl2N4O2S2. The molecule has 2 amide bonds. The number of benzene rings is 1. The van der Waals surface area contributed by atoms with Crippen molar-refractivity contribution >= 4 is 74.1 Å². The lowest BCUT2D eigenvalue weighted by Gasteiger charge is -2.09. The van der Waals surface area contributed by atoms with Gasteiger partial charge in [-0.3, -0.25) is 14.5 Å². The van der Waals surface area contributed by atoms with Gasteiger partial charge in [-0.2, -0.15) is 4.99 Å². The van der Waals surface area contributed by atoms with Crippen LogP contribution < -0.4 is 5.32 Å². The van der Waals surface area contributed by atoms with Gasteiger partial charge in [0, 0.05) is 30.7 Å². The third kappa shape index (κ3) is 4.33. The van der Waals surface area contributed by atoms with Gasteiger partial charge in [-0.05, 0) is 18.2 Å². The van der Waals surface area contributed by atoms with Crippen LogP contribution in [-0.4, -0.2) is 39.2 Å². The summed E-state index contributed by atoms with van der Waals surface area (Å²) in [6.45, 7) is 0. The van der Waals surface area contributed by atoms with Crippen LogP contribution in [0.4, 0.5) is 10.8 Å². The molecule has 6 nitrogen and oxygen atoms in total. The van der Waals surface area contributed by atoms with Crippen molar-refractivity contribution in [2.75, 3.05) is 12.4 Å². The Morgan fingerprint density at radius 3 is 2.88 bits per heavy atom. The number of amides is 2. The van der Waals surface area contributed by atoms with Crippen LogP contribution >= 0.6 is 46.3 Å². The molecule has 0 saturated carbocycles. The second-order valence-electron chi connectivity index (χ2n) is 5.09. The monoisotopic (exact) mass is 414 g/mol. The van der Waals surface area contributed by atoms with Crippen molar-refractivity contribution in [3.8, 4) is 0 Å². The molecule has 1 unspecified atom stereocenters. The number of rotatable bonds is 4. The number of carbonyl (C=O) groups excluding carboxylic acids is 2. The van der Waals surface area contributed by atoms with Crippen LogP contribution in [0.25, 0.3) is 0 Å². The molecule has 10 heteroatoms. The fraction of sp³-hybridized carbons (Fsp3) is 0.200. The predicted octanol–water partition coefficient (Wildman–Crippen LogP) is 4.04. The molecule has 1 aromatic heterocycles. The minimum Gasteiger partial charge on any atom is -0.326 e. The third-order valence-corrected chi connectivity index (χ3v) is 5.96. The van der Waals surface area contributed by atoms with E-state index in [1.807, 2.05) is 5.38 Å². The fourth-order valence-corrected chi connectivity index (χ4v) is 4.10. The van der Waals surface area contributed by atoms with Gasteiger partial charge in [-0.1, -0.05) is 35.0 Å². The third-order valence-electron chi connectivity index (χ3n) is 3.33. The molecule has 25 heavy (non-hydrogen) atoms. The van der Waals surface area contributed by atoms with E-state index in [4.69, 9.17) is 23.2 Å². The van der Waals surface area contributed by atoms with Crippen molar-refractivity contribution < 1.29 is 9.59 Å². The van der Waals surface area contributed by atoms with Crippen molar-refractivity contribution in [2.45, 2.75) is 11.7 Å². The molecule has 0 aliphatic carbocycles. The first kappa shape index (κ1) is 18.2. The number of thiazole rings is 1. The number of hydrogen-bond donors (Lipinski definition) is 1. The van der Waals surface area contributed by atoms with Crippen molar-refractivity contribution in [3.63, 3.8) is 0 Å². The topological polar surface area (TPSA) is 74.7 Å². The Labute approximate surface area is 162 Å². The number of amidine groups is 1. The number of hydrogen-bond acceptors (Lipinski definition) is 6. The van der Waals surface area contributed by atoms with E-state index in [-0.39, 0.29) is 18.2 Å². The molecule has 130 valence electrons. The number of aromatic nitrogens is 1. The summed E-state index contributed by atoms with van der Waals surface area (Å²) in [6.07, 6.45) is 1.68. The van der Waals surface area contributed by atoms with Crippen LogP contribution in [-0.2, 0) is 9.59 Å². The summed E-state index contributed by atoms with van der Waals surface area (Å²) < 4.78 is 0. The van der Waals surface area contributed by atoms with Crippen LogP contribution in [0.2, 0.25) is 10.0 Å². The molecule has 1 aliphatic rings. The summed E-state index contributed by atoms with van der Waals surface area (Å²) in [6, 6.07) is 4.81. The maximum atomic E-state index is 12.3. The summed E-state index contributed by atoms with van der Waals surface area (Å²) >= 11 is 14.4. The van der Waals surface area contributed by atoms with Crippen molar-refractivity contribution in [2.24, 2.45) is 4.99 Å². The van der Waals surface area contributed by atoms with Gasteiger partial charge in [-0.25, -0.2) is 4.98 Å². The van der Waals surface area contributed by atoms with E-state index in [0.717, 1.165) is 0 Å². The first-order valence-electron chi connectivity index (χ1n) is 7.11. The summed E-state index contributed by atoms with van der Waals surface area (Å²) in [4.78, 5) is 34.4. The number of carbonyl (C=O) groups is 2. The number of nitrogens with zero attached hydrogens (tertiary/aromatic N) is 3.